The first-order chi connectivity index (χ1) is 11.3. The molecule has 23 heavy (non-hydrogen) atoms. The normalized spacial score (nSPS) is 17.0. The SMILES string of the molecule is O=C(N=c1sccn1C1CCCCC1)c1ccnc2[nH]ccc12. The number of thiazole rings is 1. The lowest BCUT2D eigenvalue weighted by Crippen LogP contribution is -2.23. The van der Waals surface area contributed by atoms with Crippen molar-refractivity contribution < 1.29 is 4.79 Å². The third-order valence-electron chi connectivity index (χ3n) is 4.47. The minimum Gasteiger partial charge on any atom is -0.346 e. The molecule has 0 bridgehead atoms. The molecule has 6 heteroatoms. The van der Waals surface area contributed by atoms with E-state index in [1.807, 2.05) is 11.4 Å². The number of amides is 1. The Labute approximate surface area is 137 Å². The number of hydrogen-bond donors (Lipinski definition) is 1. The number of fused-ring (bicyclic) bond motifs is 1. The summed E-state index contributed by atoms with van der Waals surface area (Å²) in [7, 11) is 0. The molecule has 118 valence electrons. The highest BCUT2D eigenvalue weighted by Gasteiger charge is 2.17. The molecule has 5 nitrogen and oxygen atoms in total. The number of nitrogens with one attached hydrogen (secondary N) is 1. The Morgan fingerprint density at radius 1 is 1.30 bits per heavy atom. The highest BCUT2D eigenvalue weighted by Crippen LogP contribution is 2.27. The lowest BCUT2D eigenvalue weighted by Gasteiger charge is -2.22. The summed E-state index contributed by atoms with van der Waals surface area (Å²) in [5.41, 5.74) is 1.32. The van der Waals surface area contributed by atoms with E-state index in [-0.39, 0.29) is 5.91 Å². The molecule has 1 amide bonds. The monoisotopic (exact) mass is 326 g/mol. The molecule has 3 aromatic rings. The van der Waals surface area contributed by atoms with Crippen molar-refractivity contribution in [2.75, 3.05) is 0 Å². The van der Waals surface area contributed by atoms with Gasteiger partial charge in [-0.25, -0.2) is 4.98 Å². The second kappa shape index (κ2) is 6.12. The van der Waals surface area contributed by atoms with Crippen LogP contribution in [-0.4, -0.2) is 20.4 Å². The first-order valence-corrected chi connectivity index (χ1v) is 8.88. The van der Waals surface area contributed by atoms with Crippen molar-refractivity contribution in [1.82, 2.24) is 14.5 Å². The van der Waals surface area contributed by atoms with Crippen molar-refractivity contribution in [3.8, 4) is 0 Å². The molecule has 1 fully saturated rings. The van der Waals surface area contributed by atoms with Crippen molar-refractivity contribution in [3.05, 3.63) is 46.5 Å². The van der Waals surface area contributed by atoms with Gasteiger partial charge in [-0.15, -0.1) is 11.3 Å². The first-order valence-electron chi connectivity index (χ1n) is 8.00. The zero-order valence-electron chi connectivity index (χ0n) is 12.7. The van der Waals surface area contributed by atoms with E-state index in [0.29, 0.717) is 11.6 Å². The number of carbonyl (C=O) groups is 1. The predicted molar refractivity (Wildman–Crippen MR) is 90.4 cm³/mol. The fourth-order valence-corrected chi connectivity index (χ4v) is 4.08. The van der Waals surface area contributed by atoms with Crippen LogP contribution in [0, 0.1) is 0 Å². The van der Waals surface area contributed by atoms with E-state index < -0.39 is 0 Å². The average molecular weight is 326 g/mol. The summed E-state index contributed by atoms with van der Waals surface area (Å²) < 4.78 is 2.18. The van der Waals surface area contributed by atoms with E-state index in [4.69, 9.17) is 0 Å². The van der Waals surface area contributed by atoms with Crippen LogP contribution in [0.4, 0.5) is 0 Å². The van der Waals surface area contributed by atoms with Gasteiger partial charge in [-0.05, 0) is 25.0 Å². The summed E-state index contributed by atoms with van der Waals surface area (Å²) in [5.74, 6) is -0.205. The Morgan fingerprint density at radius 2 is 2.17 bits per heavy atom. The van der Waals surface area contributed by atoms with Crippen LogP contribution in [-0.2, 0) is 0 Å². The average Bonchev–Trinajstić information content (AvgIpc) is 3.24. The van der Waals surface area contributed by atoms with Crippen molar-refractivity contribution in [2.45, 2.75) is 38.1 Å². The van der Waals surface area contributed by atoms with Gasteiger partial charge in [0.1, 0.15) is 5.65 Å². The van der Waals surface area contributed by atoms with E-state index >= 15 is 0 Å². The van der Waals surface area contributed by atoms with Crippen LogP contribution in [0.3, 0.4) is 0 Å². The number of hydrogen-bond acceptors (Lipinski definition) is 3. The molecular formula is C17H18N4OS. The molecular weight excluding hydrogens is 308 g/mol. The number of H-pyrrole nitrogens is 1. The van der Waals surface area contributed by atoms with E-state index in [1.54, 1.807) is 18.5 Å². The molecule has 3 heterocycles. The van der Waals surface area contributed by atoms with Crippen molar-refractivity contribution in [2.24, 2.45) is 4.99 Å². The molecule has 1 aliphatic carbocycles. The fourth-order valence-electron chi connectivity index (χ4n) is 3.30. The van der Waals surface area contributed by atoms with E-state index in [1.165, 1.54) is 43.4 Å². The third kappa shape index (κ3) is 2.74. The predicted octanol–water partition coefficient (Wildman–Crippen LogP) is 3.67. The Kier molecular flexibility index (Phi) is 3.83. The fraction of sp³-hybridized carbons (Fsp3) is 0.353. The standard InChI is InChI=1S/C17H18N4OS/c22-16(14-7-9-19-15-13(14)6-8-18-15)20-17-21(10-11-23-17)12-4-2-1-3-5-12/h6-12H,1-5H2,(H,18,19). The lowest BCUT2D eigenvalue weighted by atomic mass is 9.95. The molecule has 1 aliphatic rings. The second-order valence-corrected chi connectivity index (χ2v) is 6.77. The van der Waals surface area contributed by atoms with Gasteiger partial charge in [0.2, 0.25) is 0 Å². The van der Waals surface area contributed by atoms with Gasteiger partial charge in [0.15, 0.2) is 4.80 Å². The molecule has 0 saturated heterocycles. The topological polar surface area (TPSA) is 63.0 Å². The zero-order chi connectivity index (χ0) is 15.6. The first kappa shape index (κ1) is 14.4. The van der Waals surface area contributed by atoms with Gasteiger partial charge < -0.3 is 9.55 Å². The Morgan fingerprint density at radius 3 is 3.04 bits per heavy atom. The van der Waals surface area contributed by atoms with Crippen LogP contribution in [0.2, 0.25) is 0 Å². The summed E-state index contributed by atoms with van der Waals surface area (Å²) >= 11 is 1.53. The van der Waals surface area contributed by atoms with Crippen LogP contribution >= 0.6 is 11.3 Å². The summed E-state index contributed by atoms with van der Waals surface area (Å²) in [6.45, 7) is 0. The van der Waals surface area contributed by atoms with Gasteiger partial charge in [-0.2, -0.15) is 4.99 Å². The van der Waals surface area contributed by atoms with Gasteiger partial charge >= 0.3 is 0 Å². The Bertz CT molecular complexity index is 898. The minimum absolute atomic E-state index is 0.205. The maximum Gasteiger partial charge on any atom is 0.280 e. The molecule has 4 rings (SSSR count). The molecule has 0 radical (unpaired) electrons. The van der Waals surface area contributed by atoms with E-state index in [9.17, 15) is 4.79 Å². The molecule has 1 saturated carbocycles. The van der Waals surface area contributed by atoms with Gasteiger partial charge in [0.25, 0.3) is 5.91 Å². The molecule has 0 atom stereocenters. The highest BCUT2D eigenvalue weighted by atomic mass is 32.1. The van der Waals surface area contributed by atoms with Crippen LogP contribution < -0.4 is 4.80 Å². The molecule has 0 aromatic carbocycles. The van der Waals surface area contributed by atoms with Crippen molar-refractivity contribution >= 4 is 28.3 Å². The Hall–Kier alpha value is -2.21. The number of aromatic amines is 1. The number of carbonyl (C=O) groups excluding carboxylic acids is 1. The molecule has 0 aliphatic heterocycles. The van der Waals surface area contributed by atoms with Crippen molar-refractivity contribution in [3.63, 3.8) is 0 Å². The molecule has 3 aromatic heterocycles. The number of nitrogens with zero attached hydrogens (tertiary/aromatic N) is 3. The number of rotatable bonds is 2. The minimum atomic E-state index is -0.205. The summed E-state index contributed by atoms with van der Waals surface area (Å²) in [4.78, 5) is 25.1. The van der Waals surface area contributed by atoms with Crippen LogP contribution in [0.5, 0.6) is 0 Å². The number of pyridine rings is 1. The summed E-state index contributed by atoms with van der Waals surface area (Å²) in [5, 5.41) is 2.83. The molecule has 1 N–H and O–H groups in total. The van der Waals surface area contributed by atoms with Gasteiger partial charge in [0, 0.05) is 35.4 Å². The largest absolute Gasteiger partial charge is 0.346 e. The van der Waals surface area contributed by atoms with Gasteiger partial charge in [0.05, 0.1) is 5.56 Å². The van der Waals surface area contributed by atoms with Gasteiger partial charge in [-0.3, -0.25) is 4.79 Å². The lowest BCUT2D eigenvalue weighted by molar-refractivity contribution is 0.0999. The molecule has 0 unspecified atom stereocenters. The summed E-state index contributed by atoms with van der Waals surface area (Å²) in [6.07, 6.45) is 11.7. The van der Waals surface area contributed by atoms with Crippen LogP contribution in [0.1, 0.15) is 48.5 Å². The maximum absolute atomic E-state index is 12.6. The van der Waals surface area contributed by atoms with Crippen LogP contribution in [0.25, 0.3) is 11.0 Å². The number of aromatic nitrogens is 3. The van der Waals surface area contributed by atoms with Crippen LogP contribution in [0.15, 0.2) is 41.1 Å². The summed E-state index contributed by atoms with van der Waals surface area (Å²) in [6, 6.07) is 4.08. The maximum atomic E-state index is 12.6. The highest BCUT2D eigenvalue weighted by molar-refractivity contribution is 7.07. The third-order valence-corrected chi connectivity index (χ3v) is 5.24. The van der Waals surface area contributed by atoms with Crippen molar-refractivity contribution in [1.29, 1.82) is 0 Å². The van der Waals surface area contributed by atoms with E-state index in [2.05, 4.69) is 25.7 Å². The quantitative estimate of drug-likeness (QED) is 0.781. The zero-order valence-corrected chi connectivity index (χ0v) is 13.6. The second-order valence-electron chi connectivity index (χ2n) is 5.90. The Balaban J connectivity index is 1.72. The van der Waals surface area contributed by atoms with E-state index in [0.717, 1.165) is 15.8 Å². The smallest absolute Gasteiger partial charge is 0.280 e. The molecule has 0 spiro atoms. The van der Waals surface area contributed by atoms with Gasteiger partial charge in [-0.1, -0.05) is 19.3 Å².